The summed E-state index contributed by atoms with van der Waals surface area (Å²) in [5.74, 6) is 0.408. The quantitative estimate of drug-likeness (QED) is 0.107. The Morgan fingerprint density at radius 2 is 1.57 bits per heavy atom. The number of rotatable bonds is 11. The molecule has 3 aromatic carbocycles. The van der Waals surface area contributed by atoms with E-state index in [2.05, 4.69) is 61.1 Å². The van der Waals surface area contributed by atoms with Gasteiger partial charge in [0.2, 0.25) is 0 Å². The Hall–Kier alpha value is -3.65. The number of ether oxygens (including phenoxy) is 3. The fourth-order valence-corrected chi connectivity index (χ4v) is 4.76. The predicted octanol–water partition coefficient (Wildman–Crippen LogP) is 7.31. The normalized spacial score (nSPS) is 11.8. The molecular weight excluding hydrogens is 572 g/mol. The molecule has 0 aliphatic rings. The zero-order valence-corrected chi connectivity index (χ0v) is 25.5. The number of esters is 1. The summed E-state index contributed by atoms with van der Waals surface area (Å²) in [5.41, 5.74) is 5.01. The third-order valence-electron chi connectivity index (χ3n) is 5.93. The van der Waals surface area contributed by atoms with E-state index in [0.717, 1.165) is 10.9 Å². The number of nitrogens with zero attached hydrogens (tertiary/aromatic N) is 1. The smallest absolute Gasteiger partial charge is 0.343 e. The standard InChI is InChI=1S/C32H37BrN2O5/c1-7-38-28-18-22(8-17-27(28)40-30(37)23-9-13-25(33)14-10-23)19-34-35-29(36)20-39-26-15-11-24(12-16-26)32(5,6)21-31(2,3)4/h8-19H,7,20-21H2,1-6H3,(H,35,36)/b34-19-. The molecule has 7 nitrogen and oxygen atoms in total. The molecule has 0 aliphatic carbocycles. The van der Waals surface area contributed by atoms with Crippen molar-refractivity contribution in [3.8, 4) is 17.2 Å². The maximum absolute atomic E-state index is 12.5. The number of nitrogens with one attached hydrogen (secondary N) is 1. The van der Waals surface area contributed by atoms with E-state index in [1.54, 1.807) is 42.5 Å². The lowest BCUT2D eigenvalue weighted by Crippen LogP contribution is -2.25. The van der Waals surface area contributed by atoms with Gasteiger partial charge in [-0.05, 0) is 89.9 Å². The summed E-state index contributed by atoms with van der Waals surface area (Å²) in [6.45, 7) is 13.2. The molecule has 212 valence electrons. The monoisotopic (exact) mass is 608 g/mol. The van der Waals surface area contributed by atoms with Gasteiger partial charge in [-0.25, -0.2) is 10.2 Å². The lowest BCUT2D eigenvalue weighted by Gasteiger charge is -2.33. The highest BCUT2D eigenvalue weighted by Gasteiger charge is 2.27. The van der Waals surface area contributed by atoms with E-state index in [9.17, 15) is 9.59 Å². The third kappa shape index (κ3) is 9.52. The van der Waals surface area contributed by atoms with Gasteiger partial charge >= 0.3 is 5.97 Å². The molecule has 0 bridgehead atoms. The molecule has 3 aromatic rings. The Morgan fingerprint density at radius 3 is 2.20 bits per heavy atom. The Balaban J connectivity index is 1.54. The minimum Gasteiger partial charge on any atom is -0.490 e. The highest BCUT2D eigenvalue weighted by Crippen LogP contribution is 2.36. The number of carbonyl (C=O) groups excluding carboxylic acids is 2. The number of hydrazone groups is 1. The fourth-order valence-electron chi connectivity index (χ4n) is 4.49. The lowest BCUT2D eigenvalue weighted by molar-refractivity contribution is -0.123. The van der Waals surface area contributed by atoms with Crippen LogP contribution in [-0.4, -0.2) is 31.3 Å². The largest absolute Gasteiger partial charge is 0.490 e. The van der Waals surface area contributed by atoms with Gasteiger partial charge in [0, 0.05) is 4.47 Å². The van der Waals surface area contributed by atoms with Gasteiger partial charge in [-0.15, -0.1) is 0 Å². The van der Waals surface area contributed by atoms with Gasteiger partial charge < -0.3 is 14.2 Å². The second-order valence-corrected chi connectivity index (χ2v) is 12.2. The second-order valence-electron chi connectivity index (χ2n) is 11.3. The van der Waals surface area contributed by atoms with Crippen LogP contribution in [0.4, 0.5) is 0 Å². The van der Waals surface area contributed by atoms with Crippen LogP contribution < -0.4 is 19.6 Å². The molecule has 0 fully saturated rings. The number of hydrogen-bond acceptors (Lipinski definition) is 6. The maximum Gasteiger partial charge on any atom is 0.343 e. The second kappa shape index (κ2) is 13.6. The van der Waals surface area contributed by atoms with Gasteiger partial charge in [-0.3, -0.25) is 4.79 Å². The van der Waals surface area contributed by atoms with Crippen LogP contribution in [0, 0.1) is 5.41 Å². The van der Waals surface area contributed by atoms with E-state index in [4.69, 9.17) is 14.2 Å². The Morgan fingerprint density at radius 1 is 0.900 bits per heavy atom. The number of halogens is 1. The summed E-state index contributed by atoms with van der Waals surface area (Å²) >= 11 is 3.35. The van der Waals surface area contributed by atoms with Gasteiger partial charge in [0.15, 0.2) is 18.1 Å². The van der Waals surface area contributed by atoms with E-state index in [1.807, 2.05) is 31.2 Å². The van der Waals surface area contributed by atoms with Gasteiger partial charge in [0.05, 0.1) is 18.4 Å². The minimum absolute atomic E-state index is 0.0320. The summed E-state index contributed by atoms with van der Waals surface area (Å²) < 4.78 is 17.7. The van der Waals surface area contributed by atoms with E-state index in [0.29, 0.717) is 29.2 Å². The molecule has 0 heterocycles. The first kappa shape index (κ1) is 30.9. The van der Waals surface area contributed by atoms with Crippen molar-refractivity contribution in [1.82, 2.24) is 5.43 Å². The fraction of sp³-hybridized carbons (Fsp3) is 0.344. The average molecular weight is 610 g/mol. The summed E-state index contributed by atoms with van der Waals surface area (Å²) in [6, 6.07) is 19.8. The van der Waals surface area contributed by atoms with Crippen molar-refractivity contribution < 1.29 is 23.8 Å². The van der Waals surface area contributed by atoms with E-state index in [-0.39, 0.29) is 23.2 Å². The van der Waals surface area contributed by atoms with Crippen molar-refractivity contribution in [3.05, 3.63) is 87.9 Å². The molecule has 1 N–H and O–H groups in total. The molecule has 3 rings (SSSR count). The van der Waals surface area contributed by atoms with Crippen LogP contribution >= 0.6 is 15.9 Å². The Labute approximate surface area is 245 Å². The number of benzene rings is 3. The maximum atomic E-state index is 12.5. The van der Waals surface area contributed by atoms with E-state index in [1.165, 1.54) is 11.8 Å². The minimum atomic E-state index is -0.495. The van der Waals surface area contributed by atoms with Crippen molar-refractivity contribution in [2.24, 2.45) is 10.5 Å². The van der Waals surface area contributed by atoms with Crippen LogP contribution in [0.3, 0.4) is 0 Å². The first-order valence-electron chi connectivity index (χ1n) is 13.2. The number of hydrogen-bond donors (Lipinski definition) is 1. The van der Waals surface area contributed by atoms with E-state index < -0.39 is 11.9 Å². The van der Waals surface area contributed by atoms with Crippen molar-refractivity contribution in [2.45, 2.75) is 53.4 Å². The first-order valence-corrected chi connectivity index (χ1v) is 14.0. The van der Waals surface area contributed by atoms with Crippen LogP contribution in [-0.2, 0) is 10.2 Å². The zero-order chi connectivity index (χ0) is 29.3. The molecule has 40 heavy (non-hydrogen) atoms. The molecule has 0 saturated heterocycles. The molecule has 0 unspecified atom stereocenters. The van der Waals surface area contributed by atoms with Gasteiger partial charge in [0.25, 0.3) is 5.91 Å². The summed E-state index contributed by atoms with van der Waals surface area (Å²) in [5, 5.41) is 4.01. The number of carbonyl (C=O) groups is 2. The molecule has 0 radical (unpaired) electrons. The van der Waals surface area contributed by atoms with Crippen LogP contribution in [0.1, 0.15) is 69.4 Å². The van der Waals surface area contributed by atoms with Gasteiger partial charge in [-0.2, -0.15) is 5.10 Å². The molecular formula is C32H37BrN2O5. The highest BCUT2D eigenvalue weighted by molar-refractivity contribution is 9.10. The molecule has 0 saturated carbocycles. The average Bonchev–Trinajstić information content (AvgIpc) is 2.88. The Bertz CT molecular complexity index is 1330. The Kier molecular flexibility index (Phi) is 10.5. The predicted molar refractivity (Wildman–Crippen MR) is 161 cm³/mol. The highest BCUT2D eigenvalue weighted by atomic mass is 79.9. The lowest BCUT2D eigenvalue weighted by atomic mass is 9.72. The van der Waals surface area contributed by atoms with Crippen molar-refractivity contribution >= 4 is 34.0 Å². The first-order chi connectivity index (χ1) is 18.9. The molecule has 0 spiro atoms. The molecule has 0 atom stereocenters. The summed E-state index contributed by atoms with van der Waals surface area (Å²) in [7, 11) is 0. The third-order valence-corrected chi connectivity index (χ3v) is 6.46. The molecule has 8 heteroatoms. The van der Waals surface area contributed by atoms with Crippen molar-refractivity contribution in [2.75, 3.05) is 13.2 Å². The molecule has 1 amide bonds. The molecule has 0 aromatic heterocycles. The van der Waals surface area contributed by atoms with Crippen molar-refractivity contribution in [1.29, 1.82) is 0 Å². The van der Waals surface area contributed by atoms with Crippen LogP contribution in [0.25, 0.3) is 0 Å². The molecule has 0 aliphatic heterocycles. The summed E-state index contributed by atoms with van der Waals surface area (Å²) in [4.78, 5) is 24.8. The van der Waals surface area contributed by atoms with Gasteiger partial charge in [-0.1, -0.05) is 62.7 Å². The topological polar surface area (TPSA) is 86.2 Å². The SMILES string of the molecule is CCOc1cc(/C=N\NC(=O)COc2ccc(C(C)(C)CC(C)(C)C)cc2)ccc1OC(=O)c1ccc(Br)cc1. The van der Waals surface area contributed by atoms with Crippen LogP contribution in [0.5, 0.6) is 17.2 Å². The van der Waals surface area contributed by atoms with Gasteiger partial charge in [0.1, 0.15) is 5.75 Å². The van der Waals surface area contributed by atoms with Crippen LogP contribution in [0.15, 0.2) is 76.3 Å². The number of amides is 1. The zero-order valence-electron chi connectivity index (χ0n) is 23.9. The van der Waals surface area contributed by atoms with E-state index >= 15 is 0 Å². The van der Waals surface area contributed by atoms with Crippen LogP contribution in [0.2, 0.25) is 0 Å². The van der Waals surface area contributed by atoms with Crippen molar-refractivity contribution in [3.63, 3.8) is 0 Å². The summed E-state index contributed by atoms with van der Waals surface area (Å²) in [6.07, 6.45) is 2.53.